The van der Waals surface area contributed by atoms with Crippen molar-refractivity contribution in [1.29, 1.82) is 0 Å². The van der Waals surface area contributed by atoms with E-state index in [9.17, 15) is 14.7 Å². The standard InChI is InChI=1S/C21H20ClNO4/c1-13-3-5-15(6-4-13)19(25)17-18(14-7-9-16(22)10-8-14)23(11-2-12-24)21(27)20(17)26/h3-10,18,24-25H,2,11-12H2,1H3/t18-/m1/s1. The van der Waals surface area contributed by atoms with E-state index in [0.717, 1.165) is 5.56 Å². The summed E-state index contributed by atoms with van der Waals surface area (Å²) in [4.78, 5) is 26.7. The Morgan fingerprint density at radius 1 is 1.07 bits per heavy atom. The lowest BCUT2D eigenvalue weighted by molar-refractivity contribution is -0.140. The van der Waals surface area contributed by atoms with Gasteiger partial charge in [0.1, 0.15) is 5.76 Å². The van der Waals surface area contributed by atoms with Crippen LogP contribution in [0.1, 0.15) is 29.2 Å². The monoisotopic (exact) mass is 385 g/mol. The van der Waals surface area contributed by atoms with Gasteiger partial charge in [-0.15, -0.1) is 0 Å². The van der Waals surface area contributed by atoms with Crippen LogP contribution < -0.4 is 0 Å². The third-order valence-electron chi connectivity index (χ3n) is 4.61. The molecule has 0 radical (unpaired) electrons. The van der Waals surface area contributed by atoms with Crippen LogP contribution in [0.4, 0.5) is 0 Å². The van der Waals surface area contributed by atoms with Gasteiger partial charge in [0.25, 0.3) is 11.7 Å². The molecule has 2 aromatic rings. The second-order valence-electron chi connectivity index (χ2n) is 6.49. The zero-order valence-corrected chi connectivity index (χ0v) is 15.6. The minimum Gasteiger partial charge on any atom is -0.507 e. The van der Waals surface area contributed by atoms with Gasteiger partial charge in [0.15, 0.2) is 0 Å². The molecular weight excluding hydrogens is 366 g/mol. The van der Waals surface area contributed by atoms with Crippen LogP contribution in [0.3, 0.4) is 0 Å². The molecule has 2 aromatic carbocycles. The molecule has 1 aliphatic rings. The molecule has 6 heteroatoms. The van der Waals surface area contributed by atoms with Crippen molar-refractivity contribution >= 4 is 29.1 Å². The summed E-state index contributed by atoms with van der Waals surface area (Å²) >= 11 is 5.96. The van der Waals surface area contributed by atoms with E-state index in [2.05, 4.69) is 0 Å². The van der Waals surface area contributed by atoms with Crippen molar-refractivity contribution in [2.75, 3.05) is 13.2 Å². The van der Waals surface area contributed by atoms with Crippen LogP contribution in [0.5, 0.6) is 0 Å². The number of aryl methyl sites for hydroxylation is 1. The summed E-state index contributed by atoms with van der Waals surface area (Å²) in [5.74, 6) is -1.62. The maximum Gasteiger partial charge on any atom is 0.295 e. The quantitative estimate of drug-likeness (QED) is 0.469. The number of halogens is 1. The first kappa shape index (κ1) is 19.1. The second kappa shape index (κ2) is 7.94. The van der Waals surface area contributed by atoms with Gasteiger partial charge in [-0.05, 0) is 31.0 Å². The third kappa shape index (κ3) is 3.75. The average Bonchev–Trinajstić information content (AvgIpc) is 2.91. The average molecular weight is 386 g/mol. The highest BCUT2D eigenvalue weighted by Crippen LogP contribution is 2.39. The minimum atomic E-state index is -0.731. The lowest BCUT2D eigenvalue weighted by Gasteiger charge is -2.25. The van der Waals surface area contributed by atoms with Crippen LogP contribution in [0.2, 0.25) is 5.02 Å². The SMILES string of the molecule is Cc1ccc(C(O)=C2C(=O)C(=O)N(CCCO)[C@@H]2c2ccc(Cl)cc2)cc1. The molecule has 1 heterocycles. The van der Waals surface area contributed by atoms with Crippen molar-refractivity contribution in [3.05, 3.63) is 75.8 Å². The topological polar surface area (TPSA) is 77.8 Å². The number of ketones is 1. The molecular formula is C21H20ClNO4. The Kier molecular flexibility index (Phi) is 5.63. The predicted molar refractivity (Wildman–Crippen MR) is 103 cm³/mol. The molecule has 1 fully saturated rings. The highest BCUT2D eigenvalue weighted by molar-refractivity contribution is 6.46. The van der Waals surface area contributed by atoms with Gasteiger partial charge in [-0.1, -0.05) is 53.6 Å². The van der Waals surface area contributed by atoms with E-state index in [1.165, 1.54) is 4.90 Å². The Bertz CT molecular complexity index is 887. The number of hydrogen-bond donors (Lipinski definition) is 2. The fourth-order valence-electron chi connectivity index (χ4n) is 3.21. The minimum absolute atomic E-state index is 0.0455. The maximum absolute atomic E-state index is 12.7. The summed E-state index contributed by atoms with van der Waals surface area (Å²) in [5, 5.41) is 20.5. The zero-order valence-electron chi connectivity index (χ0n) is 14.9. The van der Waals surface area contributed by atoms with Crippen LogP contribution in [-0.2, 0) is 9.59 Å². The first-order valence-electron chi connectivity index (χ1n) is 8.66. The lowest BCUT2D eigenvalue weighted by atomic mass is 9.95. The van der Waals surface area contributed by atoms with Gasteiger partial charge in [-0.3, -0.25) is 9.59 Å². The summed E-state index contributed by atoms with van der Waals surface area (Å²) in [6.07, 6.45) is 0.335. The molecule has 5 nitrogen and oxygen atoms in total. The van der Waals surface area contributed by atoms with Crippen LogP contribution in [0.15, 0.2) is 54.1 Å². The van der Waals surface area contributed by atoms with Crippen LogP contribution >= 0.6 is 11.6 Å². The Labute approximate surface area is 162 Å². The molecule has 2 N–H and O–H groups in total. The number of likely N-dealkylation sites (tertiary alicyclic amines) is 1. The molecule has 0 spiro atoms. The van der Waals surface area contributed by atoms with Gasteiger partial charge in [0, 0.05) is 23.7 Å². The van der Waals surface area contributed by atoms with E-state index in [1.807, 2.05) is 19.1 Å². The fraction of sp³-hybridized carbons (Fsp3) is 0.238. The molecule has 1 saturated heterocycles. The normalized spacial score (nSPS) is 18.9. The number of carbonyl (C=O) groups is 2. The zero-order chi connectivity index (χ0) is 19.6. The van der Waals surface area contributed by atoms with Gasteiger partial charge in [-0.25, -0.2) is 0 Å². The Morgan fingerprint density at radius 2 is 1.70 bits per heavy atom. The molecule has 0 saturated carbocycles. The first-order valence-corrected chi connectivity index (χ1v) is 9.03. The molecule has 0 unspecified atom stereocenters. The van der Waals surface area contributed by atoms with E-state index >= 15 is 0 Å². The molecule has 0 aliphatic carbocycles. The van der Waals surface area contributed by atoms with Gasteiger partial charge in [-0.2, -0.15) is 0 Å². The van der Waals surface area contributed by atoms with Crippen molar-refractivity contribution < 1.29 is 19.8 Å². The molecule has 1 amide bonds. The van der Waals surface area contributed by atoms with E-state index < -0.39 is 17.7 Å². The summed E-state index contributed by atoms with van der Waals surface area (Å²) < 4.78 is 0. The molecule has 3 rings (SSSR count). The number of Topliss-reactive ketones (excluding diaryl/α,β-unsaturated/α-hetero) is 1. The summed E-state index contributed by atoms with van der Waals surface area (Å²) in [6, 6.07) is 13.2. The number of hydrogen-bond acceptors (Lipinski definition) is 4. The first-order chi connectivity index (χ1) is 12.9. The van der Waals surface area contributed by atoms with Crippen molar-refractivity contribution in [2.45, 2.75) is 19.4 Å². The molecule has 27 heavy (non-hydrogen) atoms. The molecule has 140 valence electrons. The summed E-state index contributed by atoms with van der Waals surface area (Å²) in [6.45, 7) is 2.03. The molecule has 1 aliphatic heterocycles. The van der Waals surface area contributed by atoms with Gasteiger partial charge in [0.05, 0.1) is 11.6 Å². The van der Waals surface area contributed by atoms with Crippen LogP contribution in [0.25, 0.3) is 5.76 Å². The number of carbonyl (C=O) groups excluding carboxylic acids is 2. The Morgan fingerprint density at radius 3 is 2.30 bits per heavy atom. The second-order valence-corrected chi connectivity index (χ2v) is 6.92. The van der Waals surface area contributed by atoms with Crippen LogP contribution in [-0.4, -0.2) is 40.0 Å². The van der Waals surface area contributed by atoms with Crippen molar-refractivity contribution in [2.24, 2.45) is 0 Å². The van der Waals surface area contributed by atoms with E-state index in [1.54, 1.807) is 36.4 Å². The van der Waals surface area contributed by atoms with E-state index in [-0.39, 0.29) is 24.5 Å². The Balaban J connectivity index is 2.14. The smallest absolute Gasteiger partial charge is 0.295 e. The van der Waals surface area contributed by atoms with Gasteiger partial charge < -0.3 is 15.1 Å². The van der Waals surface area contributed by atoms with Gasteiger partial charge >= 0.3 is 0 Å². The van der Waals surface area contributed by atoms with Crippen LogP contribution in [0, 0.1) is 6.92 Å². The molecule has 0 aromatic heterocycles. The lowest BCUT2D eigenvalue weighted by Crippen LogP contribution is -2.31. The highest BCUT2D eigenvalue weighted by Gasteiger charge is 2.45. The number of benzene rings is 2. The predicted octanol–water partition coefficient (Wildman–Crippen LogP) is 3.45. The molecule has 1 atom stereocenters. The summed E-state index contributed by atoms with van der Waals surface area (Å²) in [7, 11) is 0. The van der Waals surface area contributed by atoms with Crippen molar-refractivity contribution in [3.8, 4) is 0 Å². The number of aliphatic hydroxyl groups excluding tert-OH is 2. The Hall–Kier alpha value is -2.63. The highest BCUT2D eigenvalue weighted by atomic mass is 35.5. The number of aliphatic hydroxyl groups is 2. The van der Waals surface area contributed by atoms with Gasteiger partial charge in [0.2, 0.25) is 0 Å². The number of amides is 1. The van der Waals surface area contributed by atoms with E-state index in [0.29, 0.717) is 22.6 Å². The number of nitrogens with zero attached hydrogens (tertiary/aromatic N) is 1. The number of rotatable bonds is 5. The van der Waals surface area contributed by atoms with E-state index in [4.69, 9.17) is 16.7 Å². The third-order valence-corrected chi connectivity index (χ3v) is 4.86. The van der Waals surface area contributed by atoms with Crippen molar-refractivity contribution in [1.82, 2.24) is 4.90 Å². The van der Waals surface area contributed by atoms with Crippen molar-refractivity contribution in [3.63, 3.8) is 0 Å². The fourth-order valence-corrected chi connectivity index (χ4v) is 3.34. The summed E-state index contributed by atoms with van der Waals surface area (Å²) in [5.41, 5.74) is 2.21. The maximum atomic E-state index is 12.7. The molecule has 0 bridgehead atoms. The largest absolute Gasteiger partial charge is 0.507 e.